The van der Waals surface area contributed by atoms with Crippen LogP contribution in [0.3, 0.4) is 0 Å². The van der Waals surface area contributed by atoms with E-state index in [0.29, 0.717) is 12.8 Å². The van der Waals surface area contributed by atoms with Crippen LogP contribution in [0.1, 0.15) is 110 Å². The average Bonchev–Trinajstić information content (AvgIpc) is 2.71. The summed E-state index contributed by atoms with van der Waals surface area (Å²) in [6.07, 6.45) is 18.7. The summed E-state index contributed by atoms with van der Waals surface area (Å²) >= 11 is 0. The van der Waals surface area contributed by atoms with Crippen molar-refractivity contribution in [3.05, 3.63) is 12.2 Å². The minimum absolute atomic E-state index is 0.00227. The number of carbonyl (C=O) groups is 2. The molecule has 0 aliphatic heterocycles. The second-order valence-electron chi connectivity index (χ2n) is 8.61. The highest BCUT2D eigenvalue weighted by Gasteiger charge is 2.18. The minimum atomic E-state index is -1.00. The van der Waals surface area contributed by atoms with Gasteiger partial charge in [-0.3, -0.25) is 9.59 Å². The fourth-order valence-electron chi connectivity index (χ4n) is 3.71. The molecule has 0 aromatic carbocycles. The predicted octanol–water partition coefficient (Wildman–Crippen LogP) is 4.90. The molecule has 0 spiro atoms. The monoisotopic (exact) mass is 426 g/mol. The Bertz CT molecular complexity index is 446. The highest BCUT2D eigenvalue weighted by molar-refractivity contribution is 6.00. The smallest absolute Gasteiger partial charge is 0.140 e. The highest BCUT2D eigenvalue weighted by atomic mass is 16.4. The summed E-state index contributed by atoms with van der Waals surface area (Å²) in [7, 11) is 0. The molecule has 2 unspecified atom stereocenters. The number of Topliss-reactive ketones (excluding diaryl/α,β-unsaturated/α-hetero) is 2. The third-order valence-corrected chi connectivity index (χ3v) is 5.76. The summed E-state index contributed by atoms with van der Waals surface area (Å²) in [6, 6.07) is 0. The van der Waals surface area contributed by atoms with Crippen LogP contribution in [0.5, 0.6) is 0 Å². The zero-order valence-electron chi connectivity index (χ0n) is 19.4. The lowest BCUT2D eigenvalue weighted by molar-refractivity contribution is -0.130. The molecule has 5 nitrogen and oxygen atoms in total. The molecule has 0 saturated heterocycles. The quantitative estimate of drug-likeness (QED) is 0.138. The van der Waals surface area contributed by atoms with Crippen LogP contribution in [0.15, 0.2) is 12.2 Å². The number of hydrogen-bond acceptors (Lipinski definition) is 5. The van der Waals surface area contributed by atoms with E-state index in [1.807, 2.05) is 0 Å². The fraction of sp³-hybridized carbons (Fsp3) is 0.840. The van der Waals surface area contributed by atoms with Gasteiger partial charge in [0, 0.05) is 0 Å². The molecule has 0 bridgehead atoms. The molecule has 0 heterocycles. The Morgan fingerprint density at radius 1 is 0.633 bits per heavy atom. The van der Waals surface area contributed by atoms with Crippen LogP contribution in [-0.4, -0.2) is 45.7 Å². The van der Waals surface area contributed by atoms with Crippen LogP contribution >= 0.6 is 0 Å². The number of aliphatic hydroxyl groups excluding tert-OH is 3. The molecule has 30 heavy (non-hydrogen) atoms. The largest absolute Gasteiger partial charge is 0.394 e. The number of unbranched alkanes of at least 4 members (excludes halogenated alkanes) is 11. The Kier molecular flexibility index (Phi) is 19.2. The maximum absolute atomic E-state index is 11.4. The molecule has 0 aromatic heterocycles. The lowest BCUT2D eigenvalue weighted by Gasteiger charge is -2.14. The molecule has 3 N–H and O–H groups in total. The van der Waals surface area contributed by atoms with Crippen LogP contribution in [-0.2, 0) is 9.59 Å². The van der Waals surface area contributed by atoms with E-state index in [9.17, 15) is 19.8 Å². The number of carbonyl (C=O) groups excluding carboxylic acids is 2. The predicted molar refractivity (Wildman–Crippen MR) is 122 cm³/mol. The van der Waals surface area contributed by atoms with Gasteiger partial charge >= 0.3 is 0 Å². The van der Waals surface area contributed by atoms with Gasteiger partial charge in [0.15, 0.2) is 0 Å². The van der Waals surface area contributed by atoms with E-state index < -0.39 is 12.2 Å². The second-order valence-corrected chi connectivity index (χ2v) is 8.61. The van der Waals surface area contributed by atoms with Crippen molar-refractivity contribution in [2.24, 2.45) is 5.92 Å². The summed E-state index contributed by atoms with van der Waals surface area (Å²) in [5.41, 5.74) is 0. The molecule has 0 radical (unpaired) electrons. The van der Waals surface area contributed by atoms with Gasteiger partial charge in [-0.2, -0.15) is 0 Å². The topological polar surface area (TPSA) is 94.8 Å². The number of allylic oxidation sites excluding steroid dienone is 2. The van der Waals surface area contributed by atoms with Crippen LogP contribution < -0.4 is 0 Å². The number of rotatable bonds is 21. The number of ketones is 2. The van der Waals surface area contributed by atoms with Gasteiger partial charge in [-0.15, -0.1) is 0 Å². The molecular weight excluding hydrogens is 380 g/mol. The van der Waals surface area contributed by atoms with Crippen molar-refractivity contribution in [1.82, 2.24) is 0 Å². The van der Waals surface area contributed by atoms with Gasteiger partial charge in [0.2, 0.25) is 0 Å². The van der Waals surface area contributed by atoms with Crippen molar-refractivity contribution in [1.29, 1.82) is 0 Å². The molecule has 0 aliphatic carbocycles. The van der Waals surface area contributed by atoms with Crippen LogP contribution in [0, 0.1) is 5.92 Å². The SMILES string of the molecule is CC(=O)C(CCCCCCC/C=C\CCCCCCCCC(O)C(O)CO)C(C)=O. The van der Waals surface area contributed by atoms with Crippen molar-refractivity contribution in [3.63, 3.8) is 0 Å². The van der Waals surface area contributed by atoms with Gasteiger partial charge in [-0.25, -0.2) is 0 Å². The summed E-state index contributed by atoms with van der Waals surface area (Å²) in [5.74, 6) is -0.378. The highest BCUT2D eigenvalue weighted by Crippen LogP contribution is 2.15. The Morgan fingerprint density at radius 2 is 1.03 bits per heavy atom. The van der Waals surface area contributed by atoms with Gasteiger partial charge in [-0.05, 0) is 52.4 Å². The molecular formula is C25H46O5. The normalized spacial score (nSPS) is 13.8. The lowest BCUT2D eigenvalue weighted by Crippen LogP contribution is -2.28. The lowest BCUT2D eigenvalue weighted by atomic mass is 9.93. The number of aliphatic hydroxyl groups is 3. The first-order chi connectivity index (χ1) is 14.4. The van der Waals surface area contributed by atoms with E-state index in [4.69, 9.17) is 5.11 Å². The molecule has 0 fully saturated rings. The van der Waals surface area contributed by atoms with Crippen LogP contribution in [0.4, 0.5) is 0 Å². The molecule has 176 valence electrons. The zero-order chi connectivity index (χ0) is 22.6. The van der Waals surface area contributed by atoms with E-state index >= 15 is 0 Å². The Balaban J connectivity index is 3.37. The van der Waals surface area contributed by atoms with Crippen LogP contribution in [0.2, 0.25) is 0 Å². The van der Waals surface area contributed by atoms with Crippen LogP contribution in [0.25, 0.3) is 0 Å². The Hall–Kier alpha value is -1.04. The van der Waals surface area contributed by atoms with E-state index in [2.05, 4.69) is 12.2 Å². The third kappa shape index (κ3) is 16.7. The summed E-state index contributed by atoms with van der Waals surface area (Å²) in [4.78, 5) is 22.8. The van der Waals surface area contributed by atoms with Gasteiger partial charge in [0.05, 0.1) is 18.6 Å². The second kappa shape index (κ2) is 19.9. The first-order valence-electron chi connectivity index (χ1n) is 12.0. The summed E-state index contributed by atoms with van der Waals surface area (Å²) in [6.45, 7) is 2.65. The first kappa shape index (κ1) is 29.0. The minimum Gasteiger partial charge on any atom is -0.394 e. The van der Waals surface area contributed by atoms with Gasteiger partial charge in [0.25, 0.3) is 0 Å². The van der Waals surface area contributed by atoms with Crippen molar-refractivity contribution in [2.45, 2.75) is 122 Å². The van der Waals surface area contributed by atoms with Gasteiger partial charge in [0.1, 0.15) is 17.7 Å². The van der Waals surface area contributed by atoms with E-state index in [0.717, 1.165) is 44.9 Å². The van der Waals surface area contributed by atoms with Crippen molar-refractivity contribution in [2.75, 3.05) is 6.61 Å². The Morgan fingerprint density at radius 3 is 1.47 bits per heavy atom. The number of hydrogen-bond donors (Lipinski definition) is 3. The van der Waals surface area contributed by atoms with E-state index in [-0.39, 0.29) is 24.1 Å². The van der Waals surface area contributed by atoms with Crippen molar-refractivity contribution >= 4 is 11.6 Å². The third-order valence-electron chi connectivity index (χ3n) is 5.76. The Labute approximate surface area is 184 Å². The maximum atomic E-state index is 11.4. The standard InChI is InChI=1S/C25H46O5/c1-21(27)23(22(2)28)18-16-14-12-10-8-6-4-3-5-7-9-11-13-15-17-19-24(29)25(30)20-26/h3-4,23-26,29-30H,5-20H2,1-2H3/b4-3-. The maximum Gasteiger partial charge on any atom is 0.140 e. The van der Waals surface area contributed by atoms with E-state index in [1.165, 1.54) is 52.4 Å². The van der Waals surface area contributed by atoms with E-state index in [1.54, 1.807) is 0 Å². The molecule has 0 aromatic rings. The van der Waals surface area contributed by atoms with Crippen molar-refractivity contribution in [3.8, 4) is 0 Å². The molecule has 5 heteroatoms. The first-order valence-corrected chi connectivity index (χ1v) is 12.0. The summed E-state index contributed by atoms with van der Waals surface area (Å²) < 4.78 is 0. The molecule has 0 saturated carbocycles. The molecule has 2 atom stereocenters. The van der Waals surface area contributed by atoms with Gasteiger partial charge < -0.3 is 15.3 Å². The fourth-order valence-corrected chi connectivity index (χ4v) is 3.71. The van der Waals surface area contributed by atoms with Gasteiger partial charge in [-0.1, -0.05) is 69.9 Å². The van der Waals surface area contributed by atoms with Crippen molar-refractivity contribution < 1.29 is 24.9 Å². The molecule has 0 amide bonds. The molecule has 0 rings (SSSR count). The molecule has 0 aliphatic rings. The zero-order valence-corrected chi connectivity index (χ0v) is 19.4. The average molecular weight is 427 g/mol. The summed E-state index contributed by atoms with van der Waals surface area (Å²) in [5, 5.41) is 27.6.